The Morgan fingerprint density at radius 1 is 0.917 bits per heavy atom. The minimum atomic E-state index is -0.795. The average Bonchev–Trinajstić information content (AvgIpc) is 3.21. The number of carbonyl (C=O) groups is 2. The van der Waals surface area contributed by atoms with Crippen LogP contribution in [0.4, 0.5) is 10.1 Å². The van der Waals surface area contributed by atoms with Crippen molar-refractivity contribution in [1.82, 2.24) is 14.9 Å². The Labute approximate surface area is 210 Å². The van der Waals surface area contributed by atoms with Crippen molar-refractivity contribution in [3.63, 3.8) is 0 Å². The molecule has 3 aromatic carbocycles. The fourth-order valence-electron chi connectivity index (χ4n) is 5.40. The zero-order valence-corrected chi connectivity index (χ0v) is 20.1. The van der Waals surface area contributed by atoms with Gasteiger partial charge in [-0.25, -0.2) is 4.39 Å². The van der Waals surface area contributed by atoms with Gasteiger partial charge >= 0.3 is 0 Å². The predicted octanol–water partition coefficient (Wildman–Crippen LogP) is 4.31. The number of para-hydroxylation sites is 1. The molecule has 186 valence electrons. The minimum Gasteiger partial charge on any atom is -0.627 e. The molecule has 2 atom stereocenters. The van der Waals surface area contributed by atoms with Gasteiger partial charge in [0.25, 0.3) is 5.91 Å². The third-order valence-electron chi connectivity index (χ3n) is 7.42. The van der Waals surface area contributed by atoms with Gasteiger partial charge in [0.15, 0.2) is 6.04 Å². The van der Waals surface area contributed by atoms with Crippen molar-refractivity contribution in [3.05, 3.63) is 107 Å². The van der Waals surface area contributed by atoms with Gasteiger partial charge in [-0.2, -0.15) is 0 Å². The zero-order valence-electron chi connectivity index (χ0n) is 20.1. The van der Waals surface area contributed by atoms with E-state index in [1.807, 2.05) is 48.5 Å². The quantitative estimate of drug-likeness (QED) is 0.416. The van der Waals surface area contributed by atoms with Crippen LogP contribution < -0.4 is 9.96 Å². The molecule has 2 aliphatic heterocycles. The number of benzene rings is 3. The summed E-state index contributed by atoms with van der Waals surface area (Å²) in [6.45, 7) is 1.45. The van der Waals surface area contributed by atoms with E-state index in [1.165, 1.54) is 12.1 Å². The van der Waals surface area contributed by atoms with E-state index in [0.717, 1.165) is 11.1 Å². The normalized spacial score (nSPS) is 21.7. The van der Waals surface area contributed by atoms with E-state index >= 15 is 0 Å². The Bertz CT molecular complexity index is 1230. The van der Waals surface area contributed by atoms with Crippen molar-refractivity contribution in [3.8, 4) is 0 Å². The van der Waals surface area contributed by atoms with Gasteiger partial charge in [-0.15, -0.1) is 0 Å². The first kappa shape index (κ1) is 24.2. The fraction of sp³-hybridized carbons (Fsp3) is 0.310. The molecule has 0 spiro atoms. The van der Waals surface area contributed by atoms with Crippen molar-refractivity contribution < 1.29 is 14.0 Å². The van der Waals surface area contributed by atoms with Gasteiger partial charge in [0.1, 0.15) is 18.0 Å². The number of piperidine rings is 1. The Morgan fingerprint density at radius 2 is 1.58 bits per heavy atom. The highest BCUT2D eigenvalue weighted by Gasteiger charge is 2.47. The molecule has 1 N–H and O–H groups in total. The standard InChI is InChI=1S/C29H30FN3O3/c30-25-12-10-22(11-13-25)20-33(36)26-9-5-4-8-24(26)18-27(33)29(35)32-16-14-23(15-17-32)28(34)31-19-21-6-2-1-3-7-21/h1-13,23,27H,14-20H2,(H,31,34). The summed E-state index contributed by atoms with van der Waals surface area (Å²) in [6.07, 6.45) is 1.52. The van der Waals surface area contributed by atoms with E-state index in [1.54, 1.807) is 23.1 Å². The van der Waals surface area contributed by atoms with Crippen LogP contribution in [0, 0.1) is 16.9 Å². The molecule has 1 saturated heterocycles. The summed E-state index contributed by atoms with van der Waals surface area (Å²) in [5.74, 6) is -0.679. The first-order valence-corrected chi connectivity index (χ1v) is 12.5. The molecule has 2 unspecified atom stereocenters. The molecule has 3 aromatic rings. The van der Waals surface area contributed by atoms with Crippen LogP contribution in [-0.4, -0.2) is 35.8 Å². The molecular formula is C29H30FN3O3. The maximum absolute atomic E-state index is 14.3. The molecular weight excluding hydrogens is 457 g/mol. The van der Waals surface area contributed by atoms with Gasteiger partial charge in [-0.05, 0) is 36.6 Å². The third-order valence-corrected chi connectivity index (χ3v) is 7.42. The highest BCUT2D eigenvalue weighted by molar-refractivity contribution is 5.87. The zero-order chi connectivity index (χ0) is 25.1. The van der Waals surface area contributed by atoms with Crippen molar-refractivity contribution in [2.75, 3.05) is 13.1 Å². The summed E-state index contributed by atoms with van der Waals surface area (Å²) in [4.78, 5) is 28.1. The molecule has 6 nitrogen and oxygen atoms in total. The number of nitrogens with one attached hydrogen (secondary N) is 1. The molecule has 36 heavy (non-hydrogen) atoms. The van der Waals surface area contributed by atoms with Crippen molar-refractivity contribution in [1.29, 1.82) is 0 Å². The fourth-order valence-corrected chi connectivity index (χ4v) is 5.40. The second-order valence-corrected chi connectivity index (χ2v) is 9.73. The van der Waals surface area contributed by atoms with Crippen molar-refractivity contribution >= 4 is 17.5 Å². The van der Waals surface area contributed by atoms with Gasteiger partial charge in [0.05, 0.1) is 0 Å². The van der Waals surface area contributed by atoms with E-state index in [0.29, 0.717) is 50.1 Å². The number of halogens is 1. The van der Waals surface area contributed by atoms with Crippen LogP contribution in [0.3, 0.4) is 0 Å². The molecule has 0 aliphatic carbocycles. The Kier molecular flexibility index (Phi) is 6.85. The van der Waals surface area contributed by atoms with Gasteiger partial charge in [0.2, 0.25) is 5.91 Å². The Hall–Kier alpha value is -3.55. The molecule has 2 amide bonds. The maximum atomic E-state index is 14.3. The molecule has 0 radical (unpaired) electrons. The first-order valence-electron chi connectivity index (χ1n) is 12.5. The smallest absolute Gasteiger partial charge is 0.282 e. The van der Waals surface area contributed by atoms with Gasteiger partial charge in [-0.3, -0.25) is 9.59 Å². The Morgan fingerprint density at radius 3 is 2.31 bits per heavy atom. The number of hydroxylamine groups is 2. The number of fused-ring (bicyclic) bond motifs is 1. The SMILES string of the molecule is O=C(NCc1ccccc1)C1CCN(C(=O)C2Cc3ccccc3[N+]2([O-])Cc2ccc(F)cc2)CC1. The van der Waals surface area contributed by atoms with Gasteiger partial charge < -0.3 is 20.1 Å². The number of quaternary nitrogens is 1. The van der Waals surface area contributed by atoms with Crippen LogP contribution in [0.1, 0.15) is 29.5 Å². The number of nitrogens with zero attached hydrogens (tertiary/aromatic N) is 2. The molecule has 5 rings (SSSR count). The largest absolute Gasteiger partial charge is 0.627 e. The average molecular weight is 488 g/mol. The monoisotopic (exact) mass is 487 g/mol. The van der Waals surface area contributed by atoms with E-state index in [4.69, 9.17) is 0 Å². The molecule has 0 bridgehead atoms. The second kappa shape index (κ2) is 10.2. The number of hydrogen-bond acceptors (Lipinski definition) is 3. The van der Waals surface area contributed by atoms with Crippen molar-refractivity contribution in [2.24, 2.45) is 5.92 Å². The molecule has 7 heteroatoms. The van der Waals surface area contributed by atoms with E-state index in [-0.39, 0.29) is 30.1 Å². The molecule has 1 fully saturated rings. The summed E-state index contributed by atoms with van der Waals surface area (Å²) in [5, 5.41) is 17.3. The molecule has 2 heterocycles. The number of amides is 2. The second-order valence-electron chi connectivity index (χ2n) is 9.73. The first-order chi connectivity index (χ1) is 17.4. The summed E-state index contributed by atoms with van der Waals surface area (Å²) < 4.78 is 12.7. The van der Waals surface area contributed by atoms with Crippen LogP contribution in [0.15, 0.2) is 78.9 Å². The Balaban J connectivity index is 1.25. The number of carbonyl (C=O) groups excluding carboxylic acids is 2. The van der Waals surface area contributed by atoms with Crippen LogP contribution in [-0.2, 0) is 29.1 Å². The minimum absolute atomic E-state index is 0.00415. The summed E-state index contributed by atoms with van der Waals surface area (Å²) in [5.41, 5.74) is 3.21. The van der Waals surface area contributed by atoms with Gasteiger partial charge in [-0.1, -0.05) is 60.7 Å². The molecule has 0 aromatic heterocycles. The lowest BCUT2D eigenvalue weighted by molar-refractivity contribution is -0.139. The predicted molar refractivity (Wildman–Crippen MR) is 137 cm³/mol. The number of hydrogen-bond donors (Lipinski definition) is 1. The van der Waals surface area contributed by atoms with Crippen LogP contribution in [0.2, 0.25) is 0 Å². The van der Waals surface area contributed by atoms with Crippen LogP contribution in [0.25, 0.3) is 0 Å². The van der Waals surface area contributed by atoms with Gasteiger partial charge in [0, 0.05) is 43.1 Å². The number of likely N-dealkylation sites (tertiary alicyclic amines) is 1. The third kappa shape index (κ3) is 4.90. The molecule has 2 aliphatic rings. The topological polar surface area (TPSA) is 72.5 Å². The maximum Gasteiger partial charge on any atom is 0.282 e. The molecule has 0 saturated carbocycles. The lowest BCUT2D eigenvalue weighted by Gasteiger charge is -2.45. The summed E-state index contributed by atoms with van der Waals surface area (Å²) in [7, 11) is 0. The number of rotatable bonds is 6. The highest BCUT2D eigenvalue weighted by Crippen LogP contribution is 2.41. The van der Waals surface area contributed by atoms with Crippen molar-refractivity contribution in [2.45, 2.75) is 38.4 Å². The lowest BCUT2D eigenvalue weighted by Crippen LogP contribution is -2.58. The van der Waals surface area contributed by atoms with E-state index < -0.39 is 10.7 Å². The van der Waals surface area contributed by atoms with Crippen LogP contribution in [0.5, 0.6) is 0 Å². The lowest BCUT2D eigenvalue weighted by atomic mass is 9.95. The summed E-state index contributed by atoms with van der Waals surface area (Å²) >= 11 is 0. The van der Waals surface area contributed by atoms with Crippen LogP contribution >= 0.6 is 0 Å². The van der Waals surface area contributed by atoms with E-state index in [2.05, 4.69) is 5.32 Å². The van der Waals surface area contributed by atoms with E-state index in [9.17, 15) is 19.2 Å². The summed E-state index contributed by atoms with van der Waals surface area (Å²) in [6, 6.07) is 22.3. The highest BCUT2D eigenvalue weighted by atomic mass is 19.1.